The van der Waals surface area contributed by atoms with Gasteiger partial charge in [-0.25, -0.2) is 12.8 Å². The van der Waals surface area contributed by atoms with Gasteiger partial charge in [0.05, 0.1) is 15.7 Å². The van der Waals surface area contributed by atoms with E-state index in [9.17, 15) is 8.42 Å². The van der Waals surface area contributed by atoms with Crippen molar-refractivity contribution in [2.45, 2.75) is 43.8 Å². The summed E-state index contributed by atoms with van der Waals surface area (Å²) in [6, 6.07) is 6.28. The normalized spacial score (nSPS) is 12.8. The number of nitrogens with one attached hydrogen (secondary N) is 1. The van der Waals surface area contributed by atoms with Crippen LogP contribution in [0.5, 0.6) is 0 Å². The molecule has 0 spiro atoms. The van der Waals surface area contributed by atoms with E-state index in [2.05, 4.69) is 47.5 Å². The summed E-state index contributed by atoms with van der Waals surface area (Å²) in [6.45, 7) is 10.2. The molecule has 7 heteroatoms. The lowest BCUT2D eigenvalue weighted by Crippen LogP contribution is -2.54. The molecule has 0 aliphatic heterocycles. The summed E-state index contributed by atoms with van der Waals surface area (Å²) in [5.74, 6) is 0. The van der Waals surface area contributed by atoms with Crippen molar-refractivity contribution in [1.82, 2.24) is 4.39 Å². The van der Waals surface area contributed by atoms with Crippen molar-refractivity contribution in [3.63, 3.8) is 0 Å². The summed E-state index contributed by atoms with van der Waals surface area (Å²) in [4.78, 5) is 4.04. The lowest BCUT2D eigenvalue weighted by atomic mass is 10.2. The van der Waals surface area contributed by atoms with Crippen LogP contribution in [-0.2, 0) is 10.0 Å². The largest absolute Gasteiger partial charge is 0.234 e. The van der Waals surface area contributed by atoms with E-state index in [0.29, 0.717) is 5.69 Å². The molecule has 0 aromatic heterocycles. The second-order valence-electron chi connectivity index (χ2n) is 6.18. The minimum absolute atomic E-state index is 0.0679. The predicted octanol–water partition coefficient (Wildman–Crippen LogP) is 3.70. The third-order valence-electron chi connectivity index (χ3n) is 3.59. The summed E-state index contributed by atoms with van der Waals surface area (Å²) >= 11 is 4.51. The second-order valence-corrected chi connectivity index (χ2v) is 13.4. The molecule has 0 heterocycles. The van der Waals surface area contributed by atoms with Crippen LogP contribution in [0.3, 0.4) is 0 Å². The van der Waals surface area contributed by atoms with Crippen LogP contribution in [0.25, 0.3) is 0 Å². The molecule has 4 nitrogen and oxygen atoms in total. The number of thiocarbonyl (C=S) groups is 1. The zero-order valence-electron chi connectivity index (χ0n) is 12.4. The first-order chi connectivity index (χ1) is 8.99. The first-order valence-corrected chi connectivity index (χ1v) is 11.1. The smallest absolute Gasteiger partial charge is 0.233 e. The molecule has 20 heavy (non-hydrogen) atoms. The SMILES string of the molecule is CC(C)(C)[Si](C)(C)NS(=O)(=O)c1ccc(N=C=S)cc1. The van der Waals surface area contributed by atoms with Gasteiger partial charge in [-0.15, -0.1) is 0 Å². The van der Waals surface area contributed by atoms with Crippen LogP contribution < -0.4 is 4.39 Å². The second kappa shape index (κ2) is 5.87. The average Bonchev–Trinajstić information content (AvgIpc) is 2.27. The van der Waals surface area contributed by atoms with E-state index in [1.165, 1.54) is 12.1 Å². The van der Waals surface area contributed by atoms with E-state index in [-0.39, 0.29) is 9.93 Å². The van der Waals surface area contributed by atoms with Crippen molar-refractivity contribution in [3.05, 3.63) is 24.3 Å². The number of hydrogen-bond donors (Lipinski definition) is 1. The molecule has 0 amide bonds. The van der Waals surface area contributed by atoms with Gasteiger partial charge in [0.2, 0.25) is 10.0 Å². The quantitative estimate of drug-likeness (QED) is 0.521. The Kier molecular flexibility index (Phi) is 5.05. The van der Waals surface area contributed by atoms with Crippen molar-refractivity contribution in [2.24, 2.45) is 4.99 Å². The predicted molar refractivity (Wildman–Crippen MR) is 88.6 cm³/mol. The van der Waals surface area contributed by atoms with Crippen LogP contribution in [0.2, 0.25) is 18.1 Å². The van der Waals surface area contributed by atoms with E-state index >= 15 is 0 Å². The molecule has 0 saturated heterocycles. The lowest BCUT2D eigenvalue weighted by molar-refractivity contribution is 0.589. The number of sulfonamides is 1. The van der Waals surface area contributed by atoms with E-state index in [1.807, 2.05) is 13.1 Å². The van der Waals surface area contributed by atoms with Gasteiger partial charge in [-0.1, -0.05) is 33.9 Å². The number of rotatable bonds is 4. The summed E-state index contributed by atoms with van der Waals surface area (Å²) in [7, 11) is -5.65. The molecular weight excluding hydrogens is 308 g/mol. The number of benzene rings is 1. The maximum absolute atomic E-state index is 12.4. The van der Waals surface area contributed by atoms with E-state index in [1.54, 1.807) is 12.1 Å². The molecule has 110 valence electrons. The number of nitrogens with zero attached hydrogens (tertiary/aromatic N) is 1. The molecule has 0 aliphatic carbocycles. The topological polar surface area (TPSA) is 58.5 Å². The van der Waals surface area contributed by atoms with Gasteiger partial charge in [0, 0.05) is 0 Å². The summed E-state index contributed by atoms with van der Waals surface area (Å²) in [6.07, 6.45) is 0. The van der Waals surface area contributed by atoms with Crippen molar-refractivity contribution < 1.29 is 8.42 Å². The third-order valence-corrected chi connectivity index (χ3v) is 11.4. The molecule has 0 bridgehead atoms. The van der Waals surface area contributed by atoms with Crippen LogP contribution in [0.1, 0.15) is 20.8 Å². The molecule has 0 unspecified atom stereocenters. The molecular formula is C13H20N2O2S2Si. The van der Waals surface area contributed by atoms with Crippen molar-refractivity contribution >= 4 is 41.3 Å². The Morgan fingerprint density at radius 2 is 1.70 bits per heavy atom. The highest BCUT2D eigenvalue weighted by Gasteiger charge is 2.39. The standard InChI is InChI=1S/C13H20N2O2S2Si/c1-13(2,3)20(4,5)15-19(16,17)12-8-6-11(7-9-12)14-10-18/h6-9,15H,1-5H3. The molecule has 0 saturated carbocycles. The van der Waals surface area contributed by atoms with Gasteiger partial charge >= 0.3 is 0 Å². The van der Waals surface area contributed by atoms with Gasteiger partial charge in [-0.2, -0.15) is 4.99 Å². The van der Waals surface area contributed by atoms with Crippen LogP contribution in [0.15, 0.2) is 34.2 Å². The zero-order chi connectivity index (χ0) is 15.6. The maximum atomic E-state index is 12.4. The molecule has 0 aliphatic rings. The van der Waals surface area contributed by atoms with Crippen molar-refractivity contribution in [2.75, 3.05) is 0 Å². The highest BCUT2D eigenvalue weighted by atomic mass is 32.2. The monoisotopic (exact) mass is 328 g/mol. The van der Waals surface area contributed by atoms with Crippen molar-refractivity contribution in [3.8, 4) is 0 Å². The van der Waals surface area contributed by atoms with Gasteiger partial charge in [0.15, 0.2) is 0 Å². The Morgan fingerprint density at radius 1 is 1.20 bits per heavy atom. The molecule has 0 radical (unpaired) electrons. The summed E-state index contributed by atoms with van der Waals surface area (Å²) in [5.41, 5.74) is 0.589. The molecule has 1 aromatic carbocycles. The number of isothiocyanates is 1. The van der Waals surface area contributed by atoms with Gasteiger partial charge in [-0.3, -0.25) is 0 Å². The van der Waals surface area contributed by atoms with E-state index in [4.69, 9.17) is 0 Å². The highest BCUT2D eigenvalue weighted by Crippen LogP contribution is 2.34. The van der Waals surface area contributed by atoms with Crippen LogP contribution in [-0.4, -0.2) is 21.8 Å². The third kappa shape index (κ3) is 4.07. The Hall–Kier alpha value is -0.853. The Balaban J connectivity index is 3.09. The highest BCUT2D eigenvalue weighted by molar-refractivity contribution is 7.91. The number of aliphatic imine (C=N–C) groups is 1. The first-order valence-electron chi connectivity index (χ1n) is 6.21. The Labute approximate surface area is 127 Å². The van der Waals surface area contributed by atoms with E-state index < -0.39 is 18.3 Å². The minimum atomic E-state index is -3.51. The van der Waals surface area contributed by atoms with Gasteiger partial charge in [0.1, 0.15) is 8.24 Å². The fourth-order valence-corrected chi connectivity index (χ4v) is 6.28. The lowest BCUT2D eigenvalue weighted by Gasteiger charge is -2.36. The molecule has 1 N–H and O–H groups in total. The summed E-state index contributed by atoms with van der Waals surface area (Å²) < 4.78 is 27.7. The average molecular weight is 329 g/mol. The number of hydrogen-bond acceptors (Lipinski definition) is 4. The fraction of sp³-hybridized carbons (Fsp3) is 0.462. The first kappa shape index (κ1) is 17.2. The van der Waals surface area contributed by atoms with Crippen molar-refractivity contribution in [1.29, 1.82) is 0 Å². The minimum Gasteiger partial charge on any atom is -0.233 e. The molecule has 0 atom stereocenters. The summed E-state index contributed by atoms with van der Waals surface area (Å²) in [5, 5.41) is 2.18. The van der Waals surface area contributed by atoms with E-state index in [0.717, 1.165) is 0 Å². The van der Waals surface area contributed by atoms with Gasteiger partial charge in [0.25, 0.3) is 0 Å². The van der Waals surface area contributed by atoms with Gasteiger partial charge < -0.3 is 0 Å². The maximum Gasteiger partial charge on any atom is 0.234 e. The van der Waals surface area contributed by atoms with Gasteiger partial charge in [-0.05, 0) is 41.5 Å². The molecule has 0 fully saturated rings. The fourth-order valence-electron chi connectivity index (χ4n) is 1.30. The Morgan fingerprint density at radius 3 is 2.10 bits per heavy atom. The van der Waals surface area contributed by atoms with Crippen LogP contribution in [0, 0.1) is 0 Å². The Bertz CT molecular complexity index is 625. The van der Waals surface area contributed by atoms with Crippen LogP contribution >= 0.6 is 12.2 Å². The van der Waals surface area contributed by atoms with Crippen LogP contribution in [0.4, 0.5) is 5.69 Å². The zero-order valence-corrected chi connectivity index (χ0v) is 15.0. The molecule has 1 aromatic rings. The molecule has 1 rings (SSSR count).